The Morgan fingerprint density at radius 3 is 2.67 bits per heavy atom. The molecular weight excluding hydrogens is 110 g/mol. The first-order valence-corrected chi connectivity index (χ1v) is 3.28. The van der Waals surface area contributed by atoms with Gasteiger partial charge in [-0.05, 0) is 20.3 Å². The van der Waals surface area contributed by atoms with Gasteiger partial charge < -0.3 is 5.73 Å². The molecule has 0 saturated heterocycles. The summed E-state index contributed by atoms with van der Waals surface area (Å²) in [7, 11) is 0. The van der Waals surface area contributed by atoms with Gasteiger partial charge in [0, 0.05) is 6.54 Å². The SMILES string of the molecule is C/C=C\C/C=C(/C)CN. The molecule has 1 heteroatoms. The van der Waals surface area contributed by atoms with Crippen molar-refractivity contribution in [1.82, 2.24) is 0 Å². The van der Waals surface area contributed by atoms with Crippen LogP contribution in [-0.4, -0.2) is 6.54 Å². The fraction of sp³-hybridized carbons (Fsp3) is 0.500. The number of rotatable bonds is 3. The summed E-state index contributed by atoms with van der Waals surface area (Å²) in [5.41, 5.74) is 6.62. The molecule has 0 aromatic carbocycles. The van der Waals surface area contributed by atoms with E-state index in [1.165, 1.54) is 5.57 Å². The second kappa shape index (κ2) is 5.57. The zero-order chi connectivity index (χ0) is 7.11. The maximum atomic E-state index is 5.36. The van der Waals surface area contributed by atoms with Gasteiger partial charge in [-0.3, -0.25) is 0 Å². The van der Waals surface area contributed by atoms with Gasteiger partial charge in [0.05, 0.1) is 0 Å². The lowest BCUT2D eigenvalue weighted by atomic mass is 10.2. The molecule has 0 aliphatic heterocycles. The highest BCUT2D eigenvalue weighted by atomic mass is 14.5. The Labute approximate surface area is 57.3 Å². The Hall–Kier alpha value is -0.560. The monoisotopic (exact) mass is 125 g/mol. The largest absolute Gasteiger partial charge is 0.327 e. The normalized spacial score (nSPS) is 13.0. The lowest BCUT2D eigenvalue weighted by Crippen LogP contribution is -1.98. The van der Waals surface area contributed by atoms with Crippen molar-refractivity contribution in [2.45, 2.75) is 20.3 Å². The summed E-state index contributed by atoms with van der Waals surface area (Å²) in [6, 6.07) is 0. The van der Waals surface area contributed by atoms with Crippen LogP contribution >= 0.6 is 0 Å². The number of allylic oxidation sites excluding steroid dienone is 3. The Kier molecular flexibility index (Phi) is 5.23. The summed E-state index contributed by atoms with van der Waals surface area (Å²) in [6.07, 6.45) is 7.30. The molecule has 0 saturated carbocycles. The standard InChI is InChI=1S/C8H15N/c1-3-4-5-6-8(2)7-9/h3-4,6H,5,7,9H2,1-2H3/b4-3-,8-6-. The molecular formula is C8H15N. The van der Waals surface area contributed by atoms with E-state index in [4.69, 9.17) is 5.73 Å². The smallest absolute Gasteiger partial charge is 0.0134 e. The highest BCUT2D eigenvalue weighted by Gasteiger charge is 1.78. The van der Waals surface area contributed by atoms with Crippen molar-refractivity contribution in [2.24, 2.45) is 5.73 Å². The van der Waals surface area contributed by atoms with Crippen LogP contribution in [0.2, 0.25) is 0 Å². The van der Waals surface area contributed by atoms with Crippen molar-refractivity contribution in [3.05, 3.63) is 23.8 Å². The second-order valence-electron chi connectivity index (χ2n) is 2.06. The Morgan fingerprint density at radius 2 is 2.22 bits per heavy atom. The van der Waals surface area contributed by atoms with E-state index in [1.807, 2.05) is 19.9 Å². The number of hydrogen-bond acceptors (Lipinski definition) is 1. The Bertz CT molecular complexity index is 112. The molecule has 0 unspecified atom stereocenters. The van der Waals surface area contributed by atoms with Gasteiger partial charge in [-0.25, -0.2) is 0 Å². The van der Waals surface area contributed by atoms with Crippen molar-refractivity contribution < 1.29 is 0 Å². The minimum absolute atomic E-state index is 0.678. The van der Waals surface area contributed by atoms with E-state index in [9.17, 15) is 0 Å². The van der Waals surface area contributed by atoms with Gasteiger partial charge in [-0.2, -0.15) is 0 Å². The molecule has 1 nitrogen and oxygen atoms in total. The molecule has 0 aliphatic carbocycles. The van der Waals surface area contributed by atoms with Gasteiger partial charge >= 0.3 is 0 Å². The fourth-order valence-electron chi connectivity index (χ4n) is 0.489. The predicted molar refractivity (Wildman–Crippen MR) is 42.2 cm³/mol. The van der Waals surface area contributed by atoms with E-state index in [-0.39, 0.29) is 0 Å². The van der Waals surface area contributed by atoms with Crippen molar-refractivity contribution in [3.63, 3.8) is 0 Å². The molecule has 0 aromatic heterocycles. The maximum Gasteiger partial charge on any atom is 0.0134 e. The van der Waals surface area contributed by atoms with Crippen LogP contribution in [0.15, 0.2) is 23.8 Å². The zero-order valence-corrected chi connectivity index (χ0v) is 6.22. The molecule has 0 heterocycles. The average Bonchev–Trinajstić information content (AvgIpc) is 1.89. The fourth-order valence-corrected chi connectivity index (χ4v) is 0.489. The molecule has 0 atom stereocenters. The van der Waals surface area contributed by atoms with Crippen LogP contribution < -0.4 is 5.73 Å². The molecule has 0 fully saturated rings. The highest BCUT2D eigenvalue weighted by molar-refractivity contribution is 5.02. The van der Waals surface area contributed by atoms with E-state index in [0.717, 1.165) is 6.42 Å². The van der Waals surface area contributed by atoms with Crippen molar-refractivity contribution in [1.29, 1.82) is 0 Å². The van der Waals surface area contributed by atoms with Gasteiger partial charge in [0.1, 0.15) is 0 Å². The molecule has 2 N–H and O–H groups in total. The first-order valence-electron chi connectivity index (χ1n) is 3.28. The molecule has 0 aliphatic rings. The molecule has 0 amide bonds. The van der Waals surface area contributed by atoms with Gasteiger partial charge in [0.15, 0.2) is 0 Å². The van der Waals surface area contributed by atoms with Crippen LogP contribution in [0.1, 0.15) is 20.3 Å². The summed E-state index contributed by atoms with van der Waals surface area (Å²) < 4.78 is 0. The Balaban J connectivity index is 3.43. The van der Waals surface area contributed by atoms with E-state index in [0.29, 0.717) is 6.54 Å². The topological polar surface area (TPSA) is 26.0 Å². The lowest BCUT2D eigenvalue weighted by Gasteiger charge is -1.90. The summed E-state index contributed by atoms with van der Waals surface area (Å²) in [5.74, 6) is 0. The van der Waals surface area contributed by atoms with E-state index in [2.05, 4.69) is 12.2 Å². The third-order valence-electron chi connectivity index (χ3n) is 1.16. The van der Waals surface area contributed by atoms with E-state index < -0.39 is 0 Å². The number of nitrogens with two attached hydrogens (primary N) is 1. The summed E-state index contributed by atoms with van der Waals surface area (Å²) in [5, 5.41) is 0. The summed E-state index contributed by atoms with van der Waals surface area (Å²) >= 11 is 0. The van der Waals surface area contributed by atoms with Gasteiger partial charge in [-0.15, -0.1) is 0 Å². The minimum atomic E-state index is 0.678. The molecule has 9 heavy (non-hydrogen) atoms. The summed E-state index contributed by atoms with van der Waals surface area (Å²) in [6.45, 7) is 4.74. The molecule has 52 valence electrons. The van der Waals surface area contributed by atoms with Gasteiger partial charge in [-0.1, -0.05) is 23.8 Å². The van der Waals surface area contributed by atoms with Gasteiger partial charge in [0.25, 0.3) is 0 Å². The first-order chi connectivity index (χ1) is 4.31. The summed E-state index contributed by atoms with van der Waals surface area (Å²) in [4.78, 5) is 0. The first kappa shape index (κ1) is 8.44. The van der Waals surface area contributed by atoms with Crippen LogP contribution in [-0.2, 0) is 0 Å². The average molecular weight is 125 g/mol. The molecule has 0 radical (unpaired) electrons. The minimum Gasteiger partial charge on any atom is -0.327 e. The van der Waals surface area contributed by atoms with E-state index in [1.54, 1.807) is 0 Å². The van der Waals surface area contributed by atoms with Crippen LogP contribution in [0, 0.1) is 0 Å². The van der Waals surface area contributed by atoms with Crippen LogP contribution in [0.25, 0.3) is 0 Å². The quantitative estimate of drug-likeness (QED) is 0.572. The highest BCUT2D eigenvalue weighted by Crippen LogP contribution is 1.92. The van der Waals surface area contributed by atoms with Crippen LogP contribution in [0.5, 0.6) is 0 Å². The molecule has 0 spiro atoms. The van der Waals surface area contributed by atoms with Crippen LogP contribution in [0.4, 0.5) is 0 Å². The number of hydrogen-bond donors (Lipinski definition) is 1. The predicted octanol–water partition coefficient (Wildman–Crippen LogP) is 1.86. The zero-order valence-electron chi connectivity index (χ0n) is 6.22. The molecule has 0 aromatic rings. The molecule has 0 bridgehead atoms. The van der Waals surface area contributed by atoms with Crippen molar-refractivity contribution in [3.8, 4) is 0 Å². The Morgan fingerprint density at radius 1 is 1.56 bits per heavy atom. The van der Waals surface area contributed by atoms with E-state index >= 15 is 0 Å². The third-order valence-corrected chi connectivity index (χ3v) is 1.16. The van der Waals surface area contributed by atoms with Crippen LogP contribution in [0.3, 0.4) is 0 Å². The maximum absolute atomic E-state index is 5.36. The lowest BCUT2D eigenvalue weighted by molar-refractivity contribution is 1.11. The van der Waals surface area contributed by atoms with Crippen molar-refractivity contribution >= 4 is 0 Å². The van der Waals surface area contributed by atoms with Gasteiger partial charge in [0.2, 0.25) is 0 Å². The third kappa shape index (κ3) is 5.31. The van der Waals surface area contributed by atoms with Crippen molar-refractivity contribution in [2.75, 3.05) is 6.54 Å². The second-order valence-corrected chi connectivity index (χ2v) is 2.06. The molecule has 0 rings (SSSR count).